The summed E-state index contributed by atoms with van der Waals surface area (Å²) in [5.74, 6) is -0.476. The Hall–Kier alpha value is -1.47. The van der Waals surface area contributed by atoms with E-state index in [1.165, 1.54) is 4.90 Å². The van der Waals surface area contributed by atoms with Gasteiger partial charge in [-0.15, -0.1) is 4.28 Å². The van der Waals surface area contributed by atoms with Crippen LogP contribution < -0.4 is 11.2 Å². The summed E-state index contributed by atoms with van der Waals surface area (Å²) in [4.78, 5) is 31.0. The van der Waals surface area contributed by atoms with E-state index in [4.69, 9.17) is 15.1 Å². The molecule has 136 valence electrons. The van der Waals surface area contributed by atoms with E-state index in [1.807, 2.05) is 0 Å². The molecule has 3 aliphatic rings. The second-order valence-electron chi connectivity index (χ2n) is 6.29. The molecule has 2 bridgehead atoms. The summed E-state index contributed by atoms with van der Waals surface area (Å²) in [7, 11) is -4.80. The average molecular weight is 364 g/mol. The van der Waals surface area contributed by atoms with Crippen LogP contribution in [0.4, 0.5) is 4.79 Å². The van der Waals surface area contributed by atoms with Gasteiger partial charge >= 0.3 is 16.4 Å². The van der Waals surface area contributed by atoms with Crippen LogP contribution in [0.15, 0.2) is 0 Å². The van der Waals surface area contributed by atoms with Crippen LogP contribution in [0.2, 0.25) is 0 Å². The first-order valence-electron chi connectivity index (χ1n) is 7.72. The molecule has 0 aromatic heterocycles. The fourth-order valence-electron chi connectivity index (χ4n) is 3.39. The number of piperidine rings is 1. The van der Waals surface area contributed by atoms with Gasteiger partial charge in [0.2, 0.25) is 0 Å². The number of rotatable bonds is 5. The van der Waals surface area contributed by atoms with Crippen LogP contribution >= 0.6 is 0 Å². The Morgan fingerprint density at radius 2 is 2.04 bits per heavy atom. The third kappa shape index (κ3) is 3.62. The fourth-order valence-corrected chi connectivity index (χ4v) is 3.78. The molecule has 11 nitrogen and oxygen atoms in total. The molecule has 4 atom stereocenters. The summed E-state index contributed by atoms with van der Waals surface area (Å²) in [6.45, 7) is 0.140. The SMILES string of the molecule is NC1CCC(ONC(=O)[C@@H]2CC[C@@H]3CN2C(=O)N3OS(=O)(=O)O)C1. The molecular weight excluding hydrogens is 344 g/mol. The minimum absolute atomic E-state index is 0.0636. The molecular formula is C12H20N4O7S. The number of hydrogen-bond acceptors (Lipinski definition) is 7. The lowest BCUT2D eigenvalue weighted by molar-refractivity contribution is -0.143. The van der Waals surface area contributed by atoms with Crippen molar-refractivity contribution >= 4 is 22.3 Å². The molecule has 4 N–H and O–H groups in total. The lowest BCUT2D eigenvalue weighted by Crippen LogP contribution is -2.50. The summed E-state index contributed by atoms with van der Waals surface area (Å²) in [5, 5.41) is 0.597. The van der Waals surface area contributed by atoms with E-state index in [1.54, 1.807) is 0 Å². The summed E-state index contributed by atoms with van der Waals surface area (Å²) in [5.41, 5.74) is 8.14. The van der Waals surface area contributed by atoms with Gasteiger partial charge in [0, 0.05) is 12.6 Å². The summed E-state index contributed by atoms with van der Waals surface area (Å²) >= 11 is 0. The first-order chi connectivity index (χ1) is 11.2. The largest absolute Gasteiger partial charge is 0.418 e. The van der Waals surface area contributed by atoms with Gasteiger partial charge in [-0.1, -0.05) is 0 Å². The molecule has 3 fully saturated rings. The van der Waals surface area contributed by atoms with Crippen molar-refractivity contribution in [3.63, 3.8) is 0 Å². The topological polar surface area (TPSA) is 151 Å². The van der Waals surface area contributed by atoms with Crippen molar-refractivity contribution in [3.8, 4) is 0 Å². The van der Waals surface area contributed by atoms with Crippen molar-refractivity contribution in [2.45, 2.75) is 56.3 Å². The summed E-state index contributed by atoms with van der Waals surface area (Å²) in [6, 6.07) is -2.03. The Labute approximate surface area is 138 Å². The first-order valence-corrected chi connectivity index (χ1v) is 9.09. The van der Waals surface area contributed by atoms with E-state index in [-0.39, 0.29) is 18.7 Å². The van der Waals surface area contributed by atoms with Crippen LogP contribution in [0.25, 0.3) is 0 Å². The number of nitrogens with two attached hydrogens (primary N) is 1. The molecule has 3 rings (SSSR count). The van der Waals surface area contributed by atoms with Crippen LogP contribution in [0, 0.1) is 0 Å². The molecule has 0 aromatic rings. The van der Waals surface area contributed by atoms with Gasteiger partial charge in [-0.25, -0.2) is 10.3 Å². The first kappa shape index (κ1) is 17.4. The molecule has 0 radical (unpaired) electrons. The molecule has 0 aromatic carbocycles. The standard InChI is InChI=1S/C12H20N4O7S/c13-7-1-3-9(5-7)22-14-11(17)10-4-2-8-6-15(10)12(18)16(8)23-24(19,20)21/h7-10H,1-6,13H2,(H,14,17)(H,19,20,21)/t7?,8-,9?,10+/m1/s1. The highest BCUT2D eigenvalue weighted by Crippen LogP contribution is 2.30. The monoisotopic (exact) mass is 364 g/mol. The van der Waals surface area contributed by atoms with Crippen molar-refractivity contribution in [3.05, 3.63) is 0 Å². The second-order valence-corrected chi connectivity index (χ2v) is 7.29. The Morgan fingerprint density at radius 1 is 1.29 bits per heavy atom. The van der Waals surface area contributed by atoms with Gasteiger partial charge in [0.25, 0.3) is 5.91 Å². The predicted molar refractivity (Wildman–Crippen MR) is 78.2 cm³/mol. The molecule has 24 heavy (non-hydrogen) atoms. The van der Waals surface area contributed by atoms with Gasteiger partial charge in [0.15, 0.2) is 0 Å². The number of urea groups is 1. The Balaban J connectivity index is 1.58. The highest BCUT2D eigenvalue weighted by molar-refractivity contribution is 7.80. The predicted octanol–water partition coefficient (Wildman–Crippen LogP) is -1.08. The quantitative estimate of drug-likeness (QED) is 0.411. The van der Waals surface area contributed by atoms with Gasteiger partial charge < -0.3 is 10.6 Å². The average Bonchev–Trinajstić information content (AvgIpc) is 3.02. The lowest BCUT2D eigenvalue weighted by Gasteiger charge is -2.29. The van der Waals surface area contributed by atoms with Crippen molar-refractivity contribution in [1.82, 2.24) is 15.4 Å². The third-order valence-electron chi connectivity index (χ3n) is 4.55. The van der Waals surface area contributed by atoms with Crippen molar-refractivity contribution in [2.24, 2.45) is 5.73 Å². The minimum Gasteiger partial charge on any atom is -0.328 e. The van der Waals surface area contributed by atoms with Crippen molar-refractivity contribution in [1.29, 1.82) is 0 Å². The highest BCUT2D eigenvalue weighted by Gasteiger charge is 2.49. The van der Waals surface area contributed by atoms with Crippen molar-refractivity contribution < 1.29 is 31.7 Å². The van der Waals surface area contributed by atoms with Crippen LogP contribution in [0.5, 0.6) is 0 Å². The molecule has 2 saturated heterocycles. The molecule has 3 amide bonds. The van der Waals surface area contributed by atoms with Gasteiger partial charge in [0.05, 0.1) is 12.1 Å². The molecule has 2 aliphatic heterocycles. The number of carbonyl (C=O) groups excluding carboxylic acids is 2. The lowest BCUT2D eigenvalue weighted by atomic mass is 10.0. The molecule has 2 heterocycles. The van der Waals surface area contributed by atoms with E-state index in [2.05, 4.69) is 9.76 Å². The second kappa shape index (κ2) is 6.44. The Morgan fingerprint density at radius 3 is 2.67 bits per heavy atom. The smallest absolute Gasteiger partial charge is 0.328 e. The van der Waals surface area contributed by atoms with E-state index < -0.39 is 34.4 Å². The van der Waals surface area contributed by atoms with E-state index in [0.29, 0.717) is 24.3 Å². The van der Waals surface area contributed by atoms with E-state index >= 15 is 0 Å². The fraction of sp³-hybridized carbons (Fsp3) is 0.833. The maximum Gasteiger partial charge on any atom is 0.418 e. The molecule has 12 heteroatoms. The third-order valence-corrected chi connectivity index (χ3v) is 4.90. The maximum atomic E-state index is 12.3. The van der Waals surface area contributed by atoms with Gasteiger partial charge in [-0.3, -0.25) is 14.2 Å². The number of hydrogen-bond donors (Lipinski definition) is 3. The van der Waals surface area contributed by atoms with Gasteiger partial charge in [0.1, 0.15) is 6.04 Å². The number of nitrogens with zero attached hydrogens (tertiary/aromatic N) is 2. The van der Waals surface area contributed by atoms with E-state index in [9.17, 15) is 18.0 Å². The molecule has 1 saturated carbocycles. The normalized spacial score (nSPS) is 33.2. The van der Waals surface area contributed by atoms with Crippen LogP contribution in [0.3, 0.4) is 0 Å². The van der Waals surface area contributed by atoms with E-state index in [0.717, 1.165) is 12.8 Å². The van der Waals surface area contributed by atoms with Crippen LogP contribution in [0.1, 0.15) is 32.1 Å². The highest BCUT2D eigenvalue weighted by atomic mass is 32.3. The number of nitrogens with one attached hydrogen (secondary N) is 1. The zero-order chi connectivity index (χ0) is 17.5. The number of fused-ring (bicyclic) bond motifs is 2. The molecule has 0 spiro atoms. The molecule has 2 unspecified atom stereocenters. The number of carbonyl (C=O) groups is 2. The van der Waals surface area contributed by atoms with Crippen LogP contribution in [-0.4, -0.2) is 65.6 Å². The Bertz CT molecular complexity index is 627. The van der Waals surface area contributed by atoms with Crippen LogP contribution in [-0.2, 0) is 24.3 Å². The van der Waals surface area contributed by atoms with Crippen molar-refractivity contribution in [2.75, 3.05) is 6.54 Å². The Kier molecular flexibility index (Phi) is 4.66. The van der Waals surface area contributed by atoms with Gasteiger partial charge in [-0.05, 0) is 32.1 Å². The minimum atomic E-state index is -4.80. The maximum absolute atomic E-state index is 12.3. The zero-order valence-corrected chi connectivity index (χ0v) is 13.6. The number of hydroxylamine groups is 3. The zero-order valence-electron chi connectivity index (χ0n) is 12.8. The summed E-state index contributed by atoms with van der Waals surface area (Å²) in [6.07, 6.45) is 2.80. The number of amides is 3. The summed E-state index contributed by atoms with van der Waals surface area (Å²) < 4.78 is 34.7. The molecule has 1 aliphatic carbocycles. The van der Waals surface area contributed by atoms with Gasteiger partial charge in [-0.2, -0.15) is 13.5 Å².